The lowest BCUT2D eigenvalue weighted by atomic mass is 9.33. The highest BCUT2D eigenvalue weighted by molar-refractivity contribution is 6.99. The summed E-state index contributed by atoms with van der Waals surface area (Å²) in [6, 6.07) is 44.2. The van der Waals surface area contributed by atoms with Gasteiger partial charge in [-0.2, -0.15) is 0 Å². The van der Waals surface area contributed by atoms with Gasteiger partial charge in [-0.1, -0.05) is 164 Å². The fourth-order valence-electron chi connectivity index (χ4n) is 7.81. The van der Waals surface area contributed by atoms with Crippen LogP contribution in [0.5, 0.6) is 0 Å². The summed E-state index contributed by atoms with van der Waals surface area (Å²) in [5.74, 6) is 0. The predicted molar refractivity (Wildman–Crippen MR) is 238 cm³/mol. The van der Waals surface area contributed by atoms with E-state index in [4.69, 9.17) is 92.8 Å². The molecule has 2 aliphatic rings. The molecule has 9 rings (SSSR count). The summed E-state index contributed by atoms with van der Waals surface area (Å²) in [6.45, 7) is -0.510. The summed E-state index contributed by atoms with van der Waals surface area (Å²) in [6.07, 6.45) is 0. The number of fused-ring (bicyclic) bond motifs is 4. The number of rotatable bonds is 4. The number of hydrogen-bond donors (Lipinski definition) is 0. The molecule has 0 spiro atoms. The lowest BCUT2D eigenvalue weighted by molar-refractivity contribution is 1.29. The van der Waals surface area contributed by atoms with Crippen LogP contribution in [0.4, 0.5) is 34.1 Å². The average Bonchev–Trinajstić information content (AvgIpc) is 3.17. The van der Waals surface area contributed by atoms with Crippen LogP contribution in [0.3, 0.4) is 0 Å². The van der Waals surface area contributed by atoms with Crippen LogP contribution < -0.4 is 42.6 Å². The predicted octanol–water partition coefficient (Wildman–Crippen LogP) is 11.5. The van der Waals surface area contributed by atoms with Crippen LogP contribution in [-0.2, 0) is 0 Å². The van der Waals surface area contributed by atoms with Crippen molar-refractivity contribution >= 4 is 173 Å². The summed E-state index contributed by atoms with van der Waals surface area (Å²) in [5, 5.41) is 3.62. The molecule has 0 aliphatic carbocycles. The van der Waals surface area contributed by atoms with Crippen molar-refractivity contribution in [3.63, 3.8) is 0 Å². The normalized spacial score (nSPS) is 13.0. The molecular formula is C42H22B2Cl8N2. The largest absolute Gasteiger partial charge is 0.311 e. The first-order valence-corrected chi connectivity index (χ1v) is 19.9. The van der Waals surface area contributed by atoms with Gasteiger partial charge in [0.25, 0.3) is 0 Å². The van der Waals surface area contributed by atoms with Crippen molar-refractivity contribution in [2.45, 2.75) is 0 Å². The second-order valence-electron chi connectivity index (χ2n) is 13.2. The number of nitrogens with zero attached hydrogens (tertiary/aromatic N) is 2. The molecule has 2 nitrogen and oxygen atoms in total. The molecule has 2 heterocycles. The Morgan fingerprint density at radius 3 is 0.796 bits per heavy atom. The zero-order chi connectivity index (χ0) is 37.4. The number of anilines is 6. The fraction of sp³-hybridized carbons (Fsp3) is 0. The molecule has 12 heteroatoms. The van der Waals surface area contributed by atoms with Crippen LogP contribution in [0.1, 0.15) is 0 Å². The molecule has 0 amide bonds. The summed E-state index contributed by atoms with van der Waals surface area (Å²) < 4.78 is 0. The first-order valence-electron chi connectivity index (χ1n) is 16.8. The molecular weight excluding hydrogens is 838 g/mol. The standard InChI is InChI=1S/C42H22B2Cl8N2/c45-31-15-27-39(19-35(31)49)53(25-7-3-1-4-8-25)40-20-36(50)32(46)16-28(40)43(27)23-11-13-24(14-12-23)44-29-17-33(47)37(51)21-41(29)54(26-9-5-2-6-10-26)42-22-38(52)34(48)18-30(42)44/h1-22H. The molecule has 7 aromatic carbocycles. The Hall–Kier alpha value is -3.41. The van der Waals surface area contributed by atoms with Crippen LogP contribution in [-0.4, -0.2) is 13.4 Å². The molecule has 54 heavy (non-hydrogen) atoms. The second kappa shape index (κ2) is 14.3. The van der Waals surface area contributed by atoms with Crippen molar-refractivity contribution in [3.8, 4) is 0 Å². The lowest BCUT2D eigenvalue weighted by Gasteiger charge is -2.38. The number of hydrogen-bond acceptors (Lipinski definition) is 2. The van der Waals surface area contributed by atoms with E-state index in [0.717, 1.165) is 66.9 Å². The van der Waals surface area contributed by atoms with E-state index in [1.54, 1.807) is 0 Å². The van der Waals surface area contributed by atoms with E-state index in [9.17, 15) is 0 Å². The maximum atomic E-state index is 6.76. The Morgan fingerprint density at radius 2 is 0.537 bits per heavy atom. The van der Waals surface area contributed by atoms with Gasteiger partial charge in [0.1, 0.15) is 0 Å². The Morgan fingerprint density at radius 1 is 0.296 bits per heavy atom. The fourth-order valence-corrected chi connectivity index (χ4v) is 9.13. The van der Waals surface area contributed by atoms with Gasteiger partial charge in [0.15, 0.2) is 0 Å². The third-order valence-corrected chi connectivity index (χ3v) is 13.0. The van der Waals surface area contributed by atoms with Gasteiger partial charge < -0.3 is 9.80 Å². The highest BCUT2D eigenvalue weighted by Gasteiger charge is 2.39. The monoisotopic (exact) mass is 856 g/mol. The van der Waals surface area contributed by atoms with E-state index in [-0.39, 0.29) is 13.4 Å². The van der Waals surface area contributed by atoms with Gasteiger partial charge in [-0.3, -0.25) is 0 Å². The minimum absolute atomic E-state index is 0.255. The average molecular weight is 860 g/mol. The number of benzene rings is 7. The Bertz CT molecular complexity index is 2320. The van der Waals surface area contributed by atoms with Crippen molar-refractivity contribution in [2.75, 3.05) is 9.80 Å². The molecule has 0 fully saturated rings. The van der Waals surface area contributed by atoms with Crippen molar-refractivity contribution in [1.29, 1.82) is 0 Å². The zero-order valence-electron chi connectivity index (χ0n) is 27.8. The molecule has 0 aromatic heterocycles. The van der Waals surface area contributed by atoms with Gasteiger partial charge in [-0.25, -0.2) is 0 Å². The van der Waals surface area contributed by atoms with Crippen LogP contribution >= 0.6 is 92.8 Å². The van der Waals surface area contributed by atoms with Gasteiger partial charge in [0.05, 0.1) is 40.2 Å². The molecule has 7 aromatic rings. The van der Waals surface area contributed by atoms with Gasteiger partial charge >= 0.3 is 0 Å². The minimum atomic E-state index is -0.255. The third-order valence-electron chi connectivity index (χ3n) is 10.1. The first kappa shape index (κ1) is 36.2. The van der Waals surface area contributed by atoms with E-state index < -0.39 is 0 Å². The third kappa shape index (κ3) is 6.08. The van der Waals surface area contributed by atoms with Crippen molar-refractivity contribution in [3.05, 3.63) is 174 Å². The number of halogens is 8. The summed E-state index contributed by atoms with van der Waals surface area (Å²) in [7, 11) is 0. The smallest absolute Gasteiger partial charge is 0.246 e. The zero-order valence-corrected chi connectivity index (χ0v) is 33.8. The van der Waals surface area contributed by atoms with Gasteiger partial charge in [0, 0.05) is 34.1 Å². The molecule has 0 atom stereocenters. The van der Waals surface area contributed by atoms with E-state index in [2.05, 4.69) is 34.1 Å². The van der Waals surface area contributed by atoms with E-state index >= 15 is 0 Å². The van der Waals surface area contributed by atoms with Crippen molar-refractivity contribution in [1.82, 2.24) is 0 Å². The lowest BCUT2D eigenvalue weighted by Crippen LogP contribution is -2.59. The van der Waals surface area contributed by atoms with Crippen LogP contribution in [0.2, 0.25) is 40.2 Å². The molecule has 0 radical (unpaired) electrons. The number of para-hydroxylation sites is 2. The van der Waals surface area contributed by atoms with E-state index in [1.165, 1.54) is 0 Å². The Kier molecular flexibility index (Phi) is 9.57. The molecule has 0 bridgehead atoms. The van der Waals surface area contributed by atoms with E-state index in [0.29, 0.717) is 40.2 Å². The molecule has 0 saturated heterocycles. The molecule has 2 aliphatic heterocycles. The van der Waals surface area contributed by atoms with Gasteiger partial charge in [-0.15, -0.1) is 0 Å². The Balaban J connectivity index is 1.23. The van der Waals surface area contributed by atoms with Crippen molar-refractivity contribution in [2.24, 2.45) is 0 Å². The highest BCUT2D eigenvalue weighted by atomic mass is 35.5. The summed E-state index contributed by atoms with van der Waals surface area (Å²) in [5.41, 5.74) is 11.4. The van der Waals surface area contributed by atoms with Crippen molar-refractivity contribution < 1.29 is 0 Å². The summed E-state index contributed by atoms with van der Waals surface area (Å²) >= 11 is 53.9. The molecule has 262 valence electrons. The van der Waals surface area contributed by atoms with Gasteiger partial charge in [0.2, 0.25) is 13.4 Å². The SMILES string of the molecule is Clc1cc2c(cc1Cl)N(c1ccccc1)c1cc(Cl)c(Cl)cc1B2c1ccc(B2c3cc(Cl)c(Cl)cc3N(c3ccccc3)c3cc(Cl)c(Cl)cc32)cc1. The van der Waals surface area contributed by atoms with Crippen LogP contribution in [0.25, 0.3) is 0 Å². The molecule has 0 N–H and O–H groups in total. The van der Waals surface area contributed by atoms with Crippen LogP contribution in [0.15, 0.2) is 133 Å². The Labute approximate surface area is 353 Å². The quantitative estimate of drug-likeness (QED) is 0.163. The minimum Gasteiger partial charge on any atom is -0.311 e. The first-order chi connectivity index (χ1) is 26.1. The molecule has 0 saturated carbocycles. The highest BCUT2D eigenvalue weighted by Crippen LogP contribution is 2.42. The van der Waals surface area contributed by atoms with Crippen LogP contribution in [0, 0.1) is 0 Å². The van der Waals surface area contributed by atoms with Gasteiger partial charge in [-0.05, 0) is 94.6 Å². The van der Waals surface area contributed by atoms with E-state index in [1.807, 2.05) is 109 Å². The maximum Gasteiger partial charge on any atom is 0.246 e. The molecule has 0 unspecified atom stereocenters. The topological polar surface area (TPSA) is 6.48 Å². The second-order valence-corrected chi connectivity index (χ2v) is 16.4. The summed E-state index contributed by atoms with van der Waals surface area (Å²) in [4.78, 5) is 4.30. The maximum absolute atomic E-state index is 6.76.